The summed E-state index contributed by atoms with van der Waals surface area (Å²) in [5, 5.41) is 3.42. The Hall–Kier alpha value is -3.16. The van der Waals surface area contributed by atoms with Crippen LogP contribution in [0.2, 0.25) is 0 Å². The van der Waals surface area contributed by atoms with Crippen LogP contribution in [0.15, 0.2) is 24.3 Å². The van der Waals surface area contributed by atoms with Crippen molar-refractivity contribution in [2.75, 3.05) is 31.0 Å². The molecule has 6 nitrogen and oxygen atoms in total. The zero-order valence-corrected chi connectivity index (χ0v) is 28.1. The summed E-state index contributed by atoms with van der Waals surface area (Å²) in [5.41, 5.74) is 3.66. The summed E-state index contributed by atoms with van der Waals surface area (Å²) in [5.74, 6) is 0.894. The quantitative estimate of drug-likeness (QED) is 0.315. The highest BCUT2D eigenvalue weighted by atomic mass is 19.1. The van der Waals surface area contributed by atoms with Gasteiger partial charge in [0.25, 0.3) is 0 Å². The standard InChI is InChI=1S/C19H28FNO2.C17H24FNO2/c1-6-21(16-8-12(2)7-13(3)9-16)18-11-15(20)10-17(14(18)4)19(22)23-5;1-10-5-11(2)7-14(6-10)19-16-9-13(18)8-15(12(16)3)17(20)21-4/h10-13,16H,6-9H2,1-5H3;8-11,14,19H,5-7H2,1-4H3/t12-,13+,16?;10-,11+,14?. The van der Waals surface area contributed by atoms with Crippen molar-refractivity contribution in [2.45, 2.75) is 99.1 Å². The van der Waals surface area contributed by atoms with Gasteiger partial charge in [-0.3, -0.25) is 0 Å². The van der Waals surface area contributed by atoms with Crippen LogP contribution in [0.5, 0.6) is 0 Å². The van der Waals surface area contributed by atoms with Gasteiger partial charge in [-0.05, 0) is 118 Å². The number of rotatable bonds is 7. The average molecular weight is 615 g/mol. The average Bonchev–Trinajstić information content (AvgIpc) is 2.95. The molecule has 0 heterocycles. The van der Waals surface area contributed by atoms with Gasteiger partial charge in [-0.15, -0.1) is 0 Å². The fourth-order valence-electron chi connectivity index (χ4n) is 7.50. The van der Waals surface area contributed by atoms with E-state index < -0.39 is 17.8 Å². The van der Waals surface area contributed by atoms with E-state index in [1.807, 2.05) is 13.8 Å². The van der Waals surface area contributed by atoms with Gasteiger partial charge in [-0.2, -0.15) is 0 Å². The molecular weight excluding hydrogens is 562 g/mol. The van der Waals surface area contributed by atoms with Crippen LogP contribution in [-0.4, -0.2) is 44.8 Å². The van der Waals surface area contributed by atoms with Crippen molar-refractivity contribution in [1.29, 1.82) is 0 Å². The highest BCUT2D eigenvalue weighted by Gasteiger charge is 2.30. The Labute approximate surface area is 262 Å². The number of esters is 2. The molecule has 244 valence electrons. The Morgan fingerprint density at radius 1 is 0.750 bits per heavy atom. The molecule has 0 aromatic heterocycles. The minimum absolute atomic E-state index is 0.289. The minimum atomic E-state index is -0.500. The third-order valence-electron chi connectivity index (χ3n) is 9.31. The predicted octanol–water partition coefficient (Wildman–Crippen LogP) is 8.73. The fourth-order valence-corrected chi connectivity index (χ4v) is 7.50. The first kappa shape index (κ1) is 35.3. The van der Waals surface area contributed by atoms with E-state index >= 15 is 0 Å². The molecular formula is C36H52F2N2O4. The Kier molecular flexibility index (Phi) is 12.6. The molecule has 0 amide bonds. The maximum absolute atomic E-state index is 14.1. The molecule has 44 heavy (non-hydrogen) atoms. The lowest BCUT2D eigenvalue weighted by Crippen LogP contribution is -2.41. The summed E-state index contributed by atoms with van der Waals surface area (Å²) in [7, 11) is 2.64. The number of carbonyl (C=O) groups is 2. The SMILES string of the molecule is CCN(c1cc(F)cc(C(=O)OC)c1C)C1C[C@@H](C)C[C@@H](C)C1.COC(=O)c1cc(F)cc(NC2C[C@@H](C)C[C@@H](C)C2)c1C. The number of ether oxygens (including phenoxy) is 2. The minimum Gasteiger partial charge on any atom is -0.465 e. The van der Waals surface area contributed by atoms with E-state index in [0.717, 1.165) is 49.0 Å². The number of methoxy groups -OCH3 is 2. The number of carbonyl (C=O) groups excluding carboxylic acids is 2. The van der Waals surface area contributed by atoms with Crippen LogP contribution in [-0.2, 0) is 9.47 Å². The number of benzene rings is 2. The van der Waals surface area contributed by atoms with Crippen molar-refractivity contribution in [1.82, 2.24) is 0 Å². The van der Waals surface area contributed by atoms with Gasteiger partial charge in [0.05, 0.1) is 25.3 Å². The Morgan fingerprint density at radius 2 is 1.20 bits per heavy atom. The van der Waals surface area contributed by atoms with Crippen LogP contribution in [0, 0.1) is 49.2 Å². The van der Waals surface area contributed by atoms with E-state index in [1.54, 1.807) is 6.07 Å². The first-order valence-corrected chi connectivity index (χ1v) is 16.1. The van der Waals surface area contributed by atoms with E-state index in [9.17, 15) is 18.4 Å². The van der Waals surface area contributed by atoms with Crippen molar-refractivity contribution in [3.8, 4) is 0 Å². The normalized spacial score (nSPS) is 24.9. The molecule has 0 saturated heterocycles. The topological polar surface area (TPSA) is 67.9 Å². The van der Waals surface area contributed by atoms with E-state index in [0.29, 0.717) is 47.0 Å². The van der Waals surface area contributed by atoms with Crippen LogP contribution in [0.4, 0.5) is 20.2 Å². The molecule has 2 aromatic rings. The molecule has 0 aliphatic heterocycles. The van der Waals surface area contributed by atoms with Gasteiger partial charge in [0, 0.05) is 30.0 Å². The van der Waals surface area contributed by atoms with Gasteiger partial charge >= 0.3 is 11.9 Å². The number of hydrogen-bond donors (Lipinski definition) is 1. The molecule has 0 spiro atoms. The van der Waals surface area contributed by atoms with Gasteiger partial charge in [-0.25, -0.2) is 18.4 Å². The number of nitrogens with one attached hydrogen (secondary N) is 1. The second-order valence-electron chi connectivity index (χ2n) is 13.3. The first-order chi connectivity index (χ1) is 20.8. The van der Waals surface area contributed by atoms with Gasteiger partial charge < -0.3 is 19.7 Å². The van der Waals surface area contributed by atoms with E-state index in [4.69, 9.17) is 9.47 Å². The lowest BCUT2D eigenvalue weighted by Gasteiger charge is -2.41. The van der Waals surface area contributed by atoms with Crippen LogP contribution in [0.25, 0.3) is 0 Å². The number of halogens is 2. The van der Waals surface area contributed by atoms with Crippen molar-refractivity contribution in [3.63, 3.8) is 0 Å². The second-order valence-corrected chi connectivity index (χ2v) is 13.3. The molecule has 0 radical (unpaired) electrons. The third-order valence-corrected chi connectivity index (χ3v) is 9.31. The van der Waals surface area contributed by atoms with E-state index in [-0.39, 0.29) is 11.4 Å². The molecule has 2 fully saturated rings. The smallest absolute Gasteiger partial charge is 0.338 e. The molecule has 1 N–H and O–H groups in total. The highest BCUT2D eigenvalue weighted by molar-refractivity contribution is 5.93. The summed E-state index contributed by atoms with van der Waals surface area (Å²) in [6, 6.07) is 6.24. The van der Waals surface area contributed by atoms with Crippen LogP contribution >= 0.6 is 0 Å². The maximum Gasteiger partial charge on any atom is 0.338 e. The Bertz CT molecular complexity index is 1280. The molecule has 4 rings (SSSR count). The summed E-state index contributed by atoms with van der Waals surface area (Å²) in [6.07, 6.45) is 6.88. The summed E-state index contributed by atoms with van der Waals surface area (Å²) < 4.78 is 37.4. The summed E-state index contributed by atoms with van der Waals surface area (Å²) >= 11 is 0. The molecule has 6 atom stereocenters. The fraction of sp³-hybridized carbons (Fsp3) is 0.611. The van der Waals surface area contributed by atoms with Gasteiger partial charge in [-0.1, -0.05) is 27.7 Å². The molecule has 2 saturated carbocycles. The van der Waals surface area contributed by atoms with Crippen molar-refractivity contribution < 1.29 is 27.8 Å². The second kappa shape index (κ2) is 15.7. The van der Waals surface area contributed by atoms with E-state index in [2.05, 4.69) is 44.8 Å². The molecule has 0 bridgehead atoms. The number of hydrogen-bond acceptors (Lipinski definition) is 6. The molecule has 8 heteroatoms. The zero-order valence-electron chi connectivity index (χ0n) is 28.1. The maximum atomic E-state index is 14.1. The van der Waals surface area contributed by atoms with Crippen LogP contribution < -0.4 is 10.2 Å². The molecule has 2 aliphatic carbocycles. The van der Waals surface area contributed by atoms with Crippen LogP contribution in [0.1, 0.15) is 105 Å². The van der Waals surface area contributed by atoms with Crippen molar-refractivity contribution >= 4 is 23.3 Å². The Morgan fingerprint density at radius 3 is 1.68 bits per heavy atom. The largest absolute Gasteiger partial charge is 0.465 e. The van der Waals surface area contributed by atoms with Crippen molar-refractivity contribution in [3.05, 3.63) is 58.2 Å². The Balaban J connectivity index is 0.000000241. The third kappa shape index (κ3) is 8.95. The van der Waals surface area contributed by atoms with Gasteiger partial charge in [0.1, 0.15) is 11.6 Å². The lowest BCUT2D eigenvalue weighted by molar-refractivity contribution is 0.0590. The monoisotopic (exact) mass is 614 g/mol. The van der Waals surface area contributed by atoms with Crippen LogP contribution in [0.3, 0.4) is 0 Å². The molecule has 2 aliphatic rings. The van der Waals surface area contributed by atoms with E-state index in [1.165, 1.54) is 45.3 Å². The lowest BCUT2D eigenvalue weighted by atomic mass is 9.79. The summed E-state index contributed by atoms with van der Waals surface area (Å²) in [4.78, 5) is 25.9. The summed E-state index contributed by atoms with van der Waals surface area (Å²) in [6.45, 7) is 15.7. The molecule has 2 aromatic carbocycles. The van der Waals surface area contributed by atoms with Gasteiger partial charge in [0.2, 0.25) is 0 Å². The van der Waals surface area contributed by atoms with Gasteiger partial charge in [0.15, 0.2) is 0 Å². The highest BCUT2D eigenvalue weighted by Crippen LogP contribution is 2.36. The number of nitrogens with zero attached hydrogens (tertiary/aromatic N) is 1. The first-order valence-electron chi connectivity index (χ1n) is 16.1. The predicted molar refractivity (Wildman–Crippen MR) is 174 cm³/mol. The van der Waals surface area contributed by atoms with Crippen molar-refractivity contribution in [2.24, 2.45) is 23.7 Å². The zero-order chi connectivity index (χ0) is 32.7. The molecule has 2 unspecified atom stereocenters. The number of anilines is 2.